The highest BCUT2D eigenvalue weighted by Crippen LogP contribution is 2.31. The van der Waals surface area contributed by atoms with Crippen molar-refractivity contribution in [2.24, 2.45) is 0 Å². The van der Waals surface area contributed by atoms with E-state index < -0.39 is 0 Å². The molecule has 0 aromatic heterocycles. The monoisotopic (exact) mass is 282 g/mol. The van der Waals surface area contributed by atoms with Gasteiger partial charge in [-0.1, -0.05) is 29.8 Å². The van der Waals surface area contributed by atoms with Crippen LogP contribution in [-0.4, -0.2) is 0 Å². The average molecular weight is 284 g/mol. The van der Waals surface area contributed by atoms with Gasteiger partial charge in [0.15, 0.2) is 0 Å². The molecule has 0 atom stereocenters. The molecule has 0 aliphatic carbocycles. The van der Waals surface area contributed by atoms with E-state index in [0.717, 1.165) is 16.0 Å². The van der Waals surface area contributed by atoms with Crippen LogP contribution in [0.15, 0.2) is 53.0 Å². The SMILES string of the molecule is Clc1ccc(Oc2ccccc2)c(Br)c1. The Morgan fingerprint density at radius 3 is 2.40 bits per heavy atom. The fourth-order valence-corrected chi connectivity index (χ4v) is 1.94. The van der Waals surface area contributed by atoms with E-state index in [-0.39, 0.29) is 0 Å². The first-order valence-electron chi connectivity index (χ1n) is 4.43. The summed E-state index contributed by atoms with van der Waals surface area (Å²) in [5, 5.41) is 0.683. The van der Waals surface area contributed by atoms with E-state index in [1.807, 2.05) is 36.4 Å². The Hall–Kier alpha value is -0.990. The summed E-state index contributed by atoms with van der Waals surface area (Å²) < 4.78 is 6.50. The molecule has 76 valence electrons. The highest BCUT2D eigenvalue weighted by Gasteiger charge is 2.02. The Balaban J connectivity index is 2.25. The summed E-state index contributed by atoms with van der Waals surface area (Å²) in [6.45, 7) is 0. The van der Waals surface area contributed by atoms with E-state index >= 15 is 0 Å². The maximum absolute atomic E-state index is 5.83. The second kappa shape index (κ2) is 4.69. The van der Waals surface area contributed by atoms with Gasteiger partial charge in [-0.25, -0.2) is 0 Å². The topological polar surface area (TPSA) is 9.23 Å². The van der Waals surface area contributed by atoms with Gasteiger partial charge in [-0.3, -0.25) is 0 Å². The van der Waals surface area contributed by atoms with Crippen molar-refractivity contribution in [2.75, 3.05) is 0 Å². The van der Waals surface area contributed by atoms with Crippen molar-refractivity contribution in [2.45, 2.75) is 0 Å². The Morgan fingerprint density at radius 2 is 1.73 bits per heavy atom. The molecule has 0 spiro atoms. The first-order valence-corrected chi connectivity index (χ1v) is 5.61. The average Bonchev–Trinajstić information content (AvgIpc) is 2.24. The molecule has 0 saturated heterocycles. The largest absolute Gasteiger partial charge is 0.456 e. The van der Waals surface area contributed by atoms with E-state index in [0.29, 0.717) is 5.02 Å². The van der Waals surface area contributed by atoms with E-state index in [9.17, 15) is 0 Å². The molecule has 0 fully saturated rings. The highest BCUT2D eigenvalue weighted by atomic mass is 79.9. The number of para-hydroxylation sites is 1. The zero-order valence-corrected chi connectivity index (χ0v) is 10.1. The van der Waals surface area contributed by atoms with Crippen molar-refractivity contribution in [1.29, 1.82) is 0 Å². The first kappa shape index (κ1) is 10.5. The molecule has 0 heterocycles. The van der Waals surface area contributed by atoms with Crippen molar-refractivity contribution < 1.29 is 4.74 Å². The molecule has 0 aliphatic heterocycles. The van der Waals surface area contributed by atoms with Gasteiger partial charge in [0.2, 0.25) is 0 Å². The van der Waals surface area contributed by atoms with Gasteiger partial charge >= 0.3 is 0 Å². The van der Waals surface area contributed by atoms with Crippen molar-refractivity contribution >= 4 is 27.5 Å². The van der Waals surface area contributed by atoms with Crippen LogP contribution >= 0.6 is 27.5 Å². The minimum Gasteiger partial charge on any atom is -0.456 e. The summed E-state index contributed by atoms with van der Waals surface area (Å²) in [6, 6.07) is 15.0. The summed E-state index contributed by atoms with van der Waals surface area (Å²) in [4.78, 5) is 0. The van der Waals surface area contributed by atoms with E-state index in [1.165, 1.54) is 0 Å². The summed E-state index contributed by atoms with van der Waals surface area (Å²) >= 11 is 9.23. The third kappa shape index (κ3) is 2.74. The number of benzene rings is 2. The normalized spacial score (nSPS) is 10.0. The maximum atomic E-state index is 5.83. The molecular formula is C12H8BrClO. The third-order valence-corrected chi connectivity index (χ3v) is 2.72. The van der Waals surface area contributed by atoms with Crippen molar-refractivity contribution in [3.63, 3.8) is 0 Å². The van der Waals surface area contributed by atoms with Gasteiger partial charge in [-0.2, -0.15) is 0 Å². The Labute approximate surface area is 102 Å². The zero-order valence-electron chi connectivity index (χ0n) is 7.78. The van der Waals surface area contributed by atoms with Crippen LogP contribution in [0.5, 0.6) is 11.5 Å². The molecule has 0 N–H and O–H groups in total. The summed E-state index contributed by atoms with van der Waals surface area (Å²) in [6.07, 6.45) is 0. The van der Waals surface area contributed by atoms with E-state index in [1.54, 1.807) is 12.1 Å². The Kier molecular flexibility index (Phi) is 3.29. The lowest BCUT2D eigenvalue weighted by atomic mass is 10.3. The third-order valence-electron chi connectivity index (χ3n) is 1.86. The Morgan fingerprint density at radius 1 is 1.00 bits per heavy atom. The smallest absolute Gasteiger partial charge is 0.141 e. The molecule has 0 radical (unpaired) electrons. The summed E-state index contributed by atoms with van der Waals surface area (Å²) in [5.74, 6) is 1.56. The van der Waals surface area contributed by atoms with Crippen LogP contribution in [-0.2, 0) is 0 Å². The minimum absolute atomic E-state index is 0.683. The van der Waals surface area contributed by atoms with Crippen LogP contribution in [0.1, 0.15) is 0 Å². The molecule has 0 amide bonds. The molecule has 2 aromatic rings. The highest BCUT2D eigenvalue weighted by molar-refractivity contribution is 9.10. The quantitative estimate of drug-likeness (QED) is 0.762. The minimum atomic E-state index is 0.683. The van der Waals surface area contributed by atoms with Gasteiger partial charge in [0.25, 0.3) is 0 Å². The fourth-order valence-electron chi connectivity index (χ4n) is 1.17. The van der Waals surface area contributed by atoms with E-state index in [2.05, 4.69) is 15.9 Å². The molecule has 0 unspecified atom stereocenters. The molecule has 0 saturated carbocycles. The molecule has 15 heavy (non-hydrogen) atoms. The van der Waals surface area contributed by atoms with Crippen LogP contribution in [0.3, 0.4) is 0 Å². The maximum Gasteiger partial charge on any atom is 0.141 e. The fraction of sp³-hybridized carbons (Fsp3) is 0. The molecule has 2 rings (SSSR count). The summed E-state index contributed by atoms with van der Waals surface area (Å²) in [5.41, 5.74) is 0. The lowest BCUT2D eigenvalue weighted by Crippen LogP contribution is -1.84. The van der Waals surface area contributed by atoms with Gasteiger partial charge < -0.3 is 4.74 Å². The molecule has 1 nitrogen and oxygen atoms in total. The van der Waals surface area contributed by atoms with Crippen LogP contribution in [0, 0.1) is 0 Å². The zero-order chi connectivity index (χ0) is 10.7. The lowest BCUT2D eigenvalue weighted by Gasteiger charge is -2.07. The second-order valence-corrected chi connectivity index (χ2v) is 4.28. The van der Waals surface area contributed by atoms with Crippen molar-refractivity contribution in [3.05, 3.63) is 58.0 Å². The molecule has 2 aromatic carbocycles. The predicted molar refractivity (Wildman–Crippen MR) is 65.7 cm³/mol. The van der Waals surface area contributed by atoms with Crippen molar-refractivity contribution in [1.82, 2.24) is 0 Å². The van der Waals surface area contributed by atoms with Gasteiger partial charge in [0.1, 0.15) is 11.5 Å². The number of halogens is 2. The van der Waals surface area contributed by atoms with Crippen LogP contribution in [0.4, 0.5) is 0 Å². The van der Waals surface area contributed by atoms with E-state index in [4.69, 9.17) is 16.3 Å². The first-order chi connectivity index (χ1) is 7.25. The molecule has 0 bridgehead atoms. The van der Waals surface area contributed by atoms with Gasteiger partial charge in [0.05, 0.1) is 4.47 Å². The Bertz CT molecular complexity index is 456. The molecular weight excluding hydrogens is 275 g/mol. The number of hydrogen-bond acceptors (Lipinski definition) is 1. The second-order valence-electron chi connectivity index (χ2n) is 2.99. The standard InChI is InChI=1S/C12H8BrClO/c13-11-8-9(14)6-7-12(11)15-10-4-2-1-3-5-10/h1-8H. The number of ether oxygens (including phenoxy) is 1. The van der Waals surface area contributed by atoms with Crippen LogP contribution in [0.25, 0.3) is 0 Å². The number of hydrogen-bond donors (Lipinski definition) is 0. The predicted octanol–water partition coefficient (Wildman–Crippen LogP) is 4.89. The van der Waals surface area contributed by atoms with Gasteiger partial charge in [0, 0.05) is 5.02 Å². The molecule has 0 aliphatic rings. The van der Waals surface area contributed by atoms with Crippen molar-refractivity contribution in [3.8, 4) is 11.5 Å². The summed E-state index contributed by atoms with van der Waals surface area (Å²) in [7, 11) is 0. The number of rotatable bonds is 2. The molecule has 3 heteroatoms. The van der Waals surface area contributed by atoms with Crippen LogP contribution < -0.4 is 4.74 Å². The van der Waals surface area contributed by atoms with Gasteiger partial charge in [-0.05, 0) is 46.3 Å². The van der Waals surface area contributed by atoms with Gasteiger partial charge in [-0.15, -0.1) is 0 Å². The lowest BCUT2D eigenvalue weighted by molar-refractivity contribution is 0.479. The van der Waals surface area contributed by atoms with Crippen LogP contribution in [0.2, 0.25) is 5.02 Å².